The molecule has 0 saturated heterocycles. The van der Waals surface area contributed by atoms with Crippen LogP contribution in [0.4, 0.5) is 0 Å². The van der Waals surface area contributed by atoms with E-state index in [0.29, 0.717) is 16.9 Å². The lowest BCUT2D eigenvalue weighted by molar-refractivity contribution is -0.171. The van der Waals surface area contributed by atoms with Gasteiger partial charge in [0.25, 0.3) is 0 Å². The Hall–Kier alpha value is 0.250. The minimum Gasteiger partial charge on any atom is -0.372 e. The van der Waals surface area contributed by atoms with Gasteiger partial charge in [0.15, 0.2) is 0 Å². The van der Waals surface area contributed by atoms with Crippen molar-refractivity contribution in [3.63, 3.8) is 0 Å². The minimum absolute atomic E-state index is 0.0268. The zero-order valence-electron chi connectivity index (χ0n) is 10.9. The maximum atomic E-state index is 6.50. The van der Waals surface area contributed by atoms with Crippen LogP contribution in [-0.4, -0.2) is 17.1 Å². The smallest absolute Gasteiger partial charge is 0.0666 e. The number of hydrogen-bond acceptors (Lipinski definition) is 1. The van der Waals surface area contributed by atoms with Gasteiger partial charge in [0, 0.05) is 10.8 Å². The van der Waals surface area contributed by atoms with Gasteiger partial charge >= 0.3 is 0 Å². The molecule has 2 atom stereocenters. The Morgan fingerprint density at radius 1 is 1.06 bits per heavy atom. The standard InChI is InChI=1S/C14H25ClO/c1-13(2,3)16-12-10-11(15)14(12)8-6-4-5-7-9-14/h11-12H,4-10H2,1-3H3. The second kappa shape index (κ2) is 4.49. The molecular formula is C14H25ClO. The molecule has 0 aliphatic heterocycles. The molecule has 2 aliphatic carbocycles. The van der Waals surface area contributed by atoms with E-state index in [-0.39, 0.29) is 5.60 Å². The zero-order chi connectivity index (χ0) is 11.8. The summed E-state index contributed by atoms with van der Waals surface area (Å²) >= 11 is 6.50. The molecular weight excluding hydrogens is 220 g/mol. The van der Waals surface area contributed by atoms with Crippen molar-refractivity contribution < 1.29 is 4.74 Å². The summed E-state index contributed by atoms with van der Waals surface area (Å²) in [6.07, 6.45) is 9.47. The first kappa shape index (κ1) is 12.7. The highest BCUT2D eigenvalue weighted by molar-refractivity contribution is 6.21. The van der Waals surface area contributed by atoms with Gasteiger partial charge in [-0.3, -0.25) is 0 Å². The first-order valence-corrected chi connectivity index (χ1v) is 7.20. The molecule has 2 rings (SSSR count). The van der Waals surface area contributed by atoms with Crippen molar-refractivity contribution in [2.24, 2.45) is 5.41 Å². The van der Waals surface area contributed by atoms with E-state index in [9.17, 15) is 0 Å². The van der Waals surface area contributed by atoms with Crippen LogP contribution in [0.3, 0.4) is 0 Å². The topological polar surface area (TPSA) is 9.23 Å². The van der Waals surface area contributed by atoms with Gasteiger partial charge in [-0.15, -0.1) is 11.6 Å². The van der Waals surface area contributed by atoms with E-state index in [4.69, 9.17) is 16.3 Å². The Morgan fingerprint density at radius 3 is 2.06 bits per heavy atom. The predicted octanol–water partition coefficient (Wildman–Crippen LogP) is 4.52. The van der Waals surface area contributed by atoms with Crippen LogP contribution in [0, 0.1) is 5.41 Å². The van der Waals surface area contributed by atoms with E-state index >= 15 is 0 Å². The Bertz CT molecular complexity index is 236. The second-order valence-corrected chi connectivity index (χ2v) is 7.10. The van der Waals surface area contributed by atoms with E-state index in [1.807, 2.05) is 0 Å². The normalized spacial score (nSPS) is 34.5. The summed E-state index contributed by atoms with van der Waals surface area (Å²) in [5.41, 5.74) is 0.284. The number of ether oxygens (including phenoxy) is 1. The maximum Gasteiger partial charge on any atom is 0.0666 e. The first-order chi connectivity index (χ1) is 7.44. The summed E-state index contributed by atoms with van der Waals surface area (Å²) in [4.78, 5) is 0. The average molecular weight is 245 g/mol. The fraction of sp³-hybridized carbons (Fsp3) is 1.00. The van der Waals surface area contributed by atoms with Gasteiger partial charge in [0.05, 0.1) is 11.7 Å². The third kappa shape index (κ3) is 2.41. The summed E-state index contributed by atoms with van der Waals surface area (Å²) in [6, 6.07) is 0. The molecule has 2 heteroatoms. The van der Waals surface area contributed by atoms with E-state index in [1.54, 1.807) is 0 Å². The number of halogens is 1. The van der Waals surface area contributed by atoms with E-state index in [2.05, 4.69) is 20.8 Å². The number of rotatable bonds is 1. The van der Waals surface area contributed by atoms with Crippen molar-refractivity contribution in [2.45, 2.75) is 82.8 Å². The summed E-state index contributed by atoms with van der Waals surface area (Å²) in [6.45, 7) is 6.46. The van der Waals surface area contributed by atoms with Crippen molar-refractivity contribution in [1.29, 1.82) is 0 Å². The molecule has 16 heavy (non-hydrogen) atoms. The lowest BCUT2D eigenvalue weighted by atomic mass is 9.61. The molecule has 0 amide bonds. The third-order valence-electron chi connectivity index (χ3n) is 4.22. The Kier molecular flexibility index (Phi) is 3.57. The molecule has 2 aliphatic rings. The van der Waals surface area contributed by atoms with Crippen molar-refractivity contribution in [3.05, 3.63) is 0 Å². The van der Waals surface area contributed by atoms with Crippen LogP contribution in [0.5, 0.6) is 0 Å². The second-order valence-electron chi connectivity index (χ2n) is 6.57. The molecule has 94 valence electrons. The minimum atomic E-state index is -0.0268. The monoisotopic (exact) mass is 244 g/mol. The molecule has 2 unspecified atom stereocenters. The SMILES string of the molecule is CC(C)(C)OC1CC(Cl)C12CCCCCC2. The Labute approximate surface area is 105 Å². The molecule has 0 radical (unpaired) electrons. The highest BCUT2D eigenvalue weighted by Crippen LogP contribution is 2.55. The average Bonchev–Trinajstić information content (AvgIpc) is 2.42. The largest absolute Gasteiger partial charge is 0.372 e. The highest BCUT2D eigenvalue weighted by atomic mass is 35.5. The molecule has 2 fully saturated rings. The lowest BCUT2D eigenvalue weighted by Gasteiger charge is -2.55. The van der Waals surface area contributed by atoms with E-state index < -0.39 is 0 Å². The van der Waals surface area contributed by atoms with Gasteiger partial charge in [0.2, 0.25) is 0 Å². The Balaban J connectivity index is 2.04. The molecule has 0 N–H and O–H groups in total. The van der Waals surface area contributed by atoms with Gasteiger partial charge in [-0.2, -0.15) is 0 Å². The summed E-state index contributed by atoms with van der Waals surface area (Å²) < 4.78 is 6.21. The van der Waals surface area contributed by atoms with Crippen LogP contribution in [0.1, 0.15) is 65.7 Å². The third-order valence-corrected chi connectivity index (χ3v) is 4.83. The highest BCUT2D eigenvalue weighted by Gasteiger charge is 2.55. The molecule has 0 aromatic heterocycles. The maximum absolute atomic E-state index is 6.50. The molecule has 2 saturated carbocycles. The van der Waals surface area contributed by atoms with Crippen molar-refractivity contribution in [1.82, 2.24) is 0 Å². The van der Waals surface area contributed by atoms with E-state index in [0.717, 1.165) is 6.42 Å². The molecule has 0 bridgehead atoms. The van der Waals surface area contributed by atoms with Gasteiger partial charge in [-0.1, -0.05) is 25.7 Å². The molecule has 0 aromatic rings. The van der Waals surface area contributed by atoms with Crippen molar-refractivity contribution in [3.8, 4) is 0 Å². The van der Waals surface area contributed by atoms with Crippen LogP contribution >= 0.6 is 11.6 Å². The van der Waals surface area contributed by atoms with Crippen LogP contribution < -0.4 is 0 Å². The summed E-state index contributed by atoms with van der Waals surface area (Å²) in [5.74, 6) is 0. The summed E-state index contributed by atoms with van der Waals surface area (Å²) in [7, 11) is 0. The molecule has 1 nitrogen and oxygen atoms in total. The van der Waals surface area contributed by atoms with Gasteiger partial charge in [-0.05, 0) is 40.0 Å². The lowest BCUT2D eigenvalue weighted by Crippen LogP contribution is -2.57. The van der Waals surface area contributed by atoms with Crippen molar-refractivity contribution in [2.75, 3.05) is 0 Å². The molecule has 0 heterocycles. The predicted molar refractivity (Wildman–Crippen MR) is 69.0 cm³/mol. The van der Waals surface area contributed by atoms with Gasteiger partial charge in [0.1, 0.15) is 0 Å². The fourth-order valence-corrected chi connectivity index (χ4v) is 3.83. The van der Waals surface area contributed by atoms with Crippen LogP contribution in [0.15, 0.2) is 0 Å². The van der Waals surface area contributed by atoms with Crippen LogP contribution in [0.2, 0.25) is 0 Å². The Morgan fingerprint density at radius 2 is 1.62 bits per heavy atom. The van der Waals surface area contributed by atoms with E-state index in [1.165, 1.54) is 38.5 Å². The number of hydrogen-bond donors (Lipinski definition) is 0. The number of alkyl halides is 1. The molecule has 0 aromatic carbocycles. The summed E-state index contributed by atoms with van der Waals surface area (Å²) in [5, 5.41) is 0.359. The quantitative estimate of drug-likeness (QED) is 0.616. The van der Waals surface area contributed by atoms with Gasteiger partial charge in [-0.25, -0.2) is 0 Å². The fourth-order valence-electron chi connectivity index (χ4n) is 3.31. The zero-order valence-corrected chi connectivity index (χ0v) is 11.6. The first-order valence-electron chi connectivity index (χ1n) is 6.76. The van der Waals surface area contributed by atoms with Gasteiger partial charge < -0.3 is 4.74 Å². The van der Waals surface area contributed by atoms with Crippen molar-refractivity contribution >= 4 is 11.6 Å². The van der Waals surface area contributed by atoms with Crippen LogP contribution in [-0.2, 0) is 4.74 Å². The van der Waals surface area contributed by atoms with Crippen LogP contribution in [0.25, 0.3) is 0 Å². The molecule has 1 spiro atoms.